The Kier molecular flexibility index (Phi) is 3.54. The third-order valence-electron chi connectivity index (χ3n) is 3.88. The molecule has 0 bridgehead atoms. The van der Waals surface area contributed by atoms with E-state index in [9.17, 15) is 4.79 Å². The predicted octanol–water partition coefficient (Wildman–Crippen LogP) is 3.05. The van der Waals surface area contributed by atoms with Crippen molar-refractivity contribution in [2.24, 2.45) is 0 Å². The van der Waals surface area contributed by atoms with Gasteiger partial charge in [0, 0.05) is 24.7 Å². The number of rotatable bonds is 3. The Bertz CT molecular complexity index is 634. The molecule has 1 aliphatic rings. The van der Waals surface area contributed by atoms with Crippen LogP contribution in [-0.2, 0) is 0 Å². The van der Waals surface area contributed by atoms with E-state index >= 15 is 0 Å². The molecule has 1 aliphatic heterocycles. The molecule has 2 aromatic rings. The molecular weight excluding hydrogens is 252 g/mol. The van der Waals surface area contributed by atoms with Crippen molar-refractivity contribution in [3.8, 4) is 5.75 Å². The van der Waals surface area contributed by atoms with E-state index in [-0.39, 0.29) is 0 Å². The highest BCUT2D eigenvalue weighted by atomic mass is 16.5. The predicted molar refractivity (Wildman–Crippen MR) is 79.7 cm³/mol. The van der Waals surface area contributed by atoms with E-state index in [2.05, 4.69) is 9.88 Å². The van der Waals surface area contributed by atoms with Crippen molar-refractivity contribution in [3.05, 3.63) is 30.0 Å². The standard InChI is InChI=1S/C16H18N2O2/c1-20-15-10-14-12(9-13(15)11-19)5-6-17-16(14)18-7-3-2-4-8-18/h5-6,9-11H,2-4,7-8H2,1H3. The Morgan fingerprint density at radius 1 is 1.25 bits per heavy atom. The number of hydrogen-bond acceptors (Lipinski definition) is 4. The average molecular weight is 270 g/mol. The van der Waals surface area contributed by atoms with E-state index in [4.69, 9.17) is 4.74 Å². The molecule has 0 radical (unpaired) electrons. The van der Waals surface area contributed by atoms with Gasteiger partial charge < -0.3 is 9.64 Å². The van der Waals surface area contributed by atoms with E-state index < -0.39 is 0 Å². The highest BCUT2D eigenvalue weighted by Gasteiger charge is 2.16. The fourth-order valence-electron chi connectivity index (χ4n) is 2.83. The summed E-state index contributed by atoms with van der Waals surface area (Å²) < 4.78 is 5.31. The number of methoxy groups -OCH3 is 1. The molecule has 4 nitrogen and oxygen atoms in total. The van der Waals surface area contributed by atoms with E-state index in [0.717, 1.165) is 36.0 Å². The number of carbonyl (C=O) groups excluding carboxylic acids is 1. The van der Waals surface area contributed by atoms with E-state index in [1.165, 1.54) is 19.3 Å². The molecule has 0 unspecified atom stereocenters. The maximum atomic E-state index is 11.1. The lowest BCUT2D eigenvalue weighted by Gasteiger charge is -2.28. The van der Waals surface area contributed by atoms with Crippen LogP contribution >= 0.6 is 0 Å². The average Bonchev–Trinajstić information content (AvgIpc) is 2.53. The molecule has 3 rings (SSSR count). The first-order chi connectivity index (χ1) is 9.83. The third kappa shape index (κ3) is 2.22. The summed E-state index contributed by atoms with van der Waals surface area (Å²) in [5.74, 6) is 1.61. The van der Waals surface area contributed by atoms with Crippen molar-refractivity contribution in [2.75, 3.05) is 25.1 Å². The van der Waals surface area contributed by atoms with Gasteiger partial charge in [0.05, 0.1) is 12.7 Å². The molecule has 0 aliphatic carbocycles. The minimum absolute atomic E-state index is 0.579. The second kappa shape index (κ2) is 5.49. The van der Waals surface area contributed by atoms with Crippen LogP contribution in [0.25, 0.3) is 10.8 Å². The van der Waals surface area contributed by atoms with Crippen LogP contribution < -0.4 is 9.64 Å². The molecule has 1 saturated heterocycles. The lowest BCUT2D eigenvalue weighted by Crippen LogP contribution is -2.30. The van der Waals surface area contributed by atoms with Crippen LogP contribution in [0, 0.1) is 0 Å². The molecular formula is C16H18N2O2. The molecule has 0 N–H and O–H groups in total. The van der Waals surface area contributed by atoms with Gasteiger partial charge in [-0.25, -0.2) is 4.98 Å². The normalized spacial score (nSPS) is 15.3. The zero-order chi connectivity index (χ0) is 13.9. The van der Waals surface area contributed by atoms with E-state index in [0.29, 0.717) is 11.3 Å². The number of nitrogens with zero attached hydrogens (tertiary/aromatic N) is 2. The lowest BCUT2D eigenvalue weighted by atomic mass is 10.1. The number of benzene rings is 1. The zero-order valence-electron chi connectivity index (χ0n) is 11.6. The van der Waals surface area contributed by atoms with Crippen molar-refractivity contribution in [2.45, 2.75) is 19.3 Å². The Balaban J connectivity index is 2.14. The second-order valence-corrected chi connectivity index (χ2v) is 5.12. The van der Waals surface area contributed by atoms with E-state index in [1.54, 1.807) is 7.11 Å². The number of carbonyl (C=O) groups is 1. The van der Waals surface area contributed by atoms with Gasteiger partial charge in [0.15, 0.2) is 6.29 Å². The fourth-order valence-corrected chi connectivity index (χ4v) is 2.83. The number of pyridine rings is 1. The molecule has 20 heavy (non-hydrogen) atoms. The number of piperidine rings is 1. The molecule has 1 fully saturated rings. The molecule has 1 aromatic carbocycles. The van der Waals surface area contributed by atoms with E-state index in [1.807, 2.05) is 24.4 Å². The summed E-state index contributed by atoms with van der Waals surface area (Å²) >= 11 is 0. The van der Waals surface area contributed by atoms with Crippen LogP contribution in [-0.4, -0.2) is 31.5 Å². The number of aldehydes is 1. The molecule has 104 valence electrons. The summed E-state index contributed by atoms with van der Waals surface area (Å²) in [4.78, 5) is 18.0. The summed E-state index contributed by atoms with van der Waals surface area (Å²) in [6, 6.07) is 5.74. The van der Waals surface area contributed by atoms with Gasteiger partial charge in [-0.05, 0) is 42.8 Å². The molecule has 0 atom stereocenters. The summed E-state index contributed by atoms with van der Waals surface area (Å²) in [6.07, 6.45) is 6.36. The third-order valence-corrected chi connectivity index (χ3v) is 3.88. The Labute approximate surface area is 118 Å². The number of fused-ring (bicyclic) bond motifs is 1. The highest BCUT2D eigenvalue weighted by Crippen LogP contribution is 2.31. The molecule has 1 aromatic heterocycles. The molecule has 4 heteroatoms. The van der Waals surface area contributed by atoms with Gasteiger partial charge in [0.1, 0.15) is 11.6 Å². The van der Waals surface area contributed by atoms with Crippen LogP contribution in [0.15, 0.2) is 24.4 Å². The minimum atomic E-state index is 0.579. The lowest BCUT2D eigenvalue weighted by molar-refractivity contribution is 0.112. The van der Waals surface area contributed by atoms with Crippen LogP contribution in [0.1, 0.15) is 29.6 Å². The molecule has 0 spiro atoms. The topological polar surface area (TPSA) is 42.4 Å². The number of aromatic nitrogens is 1. The van der Waals surface area contributed by atoms with Crippen LogP contribution in [0.3, 0.4) is 0 Å². The zero-order valence-corrected chi connectivity index (χ0v) is 11.6. The van der Waals surface area contributed by atoms with Crippen molar-refractivity contribution in [1.82, 2.24) is 4.98 Å². The first-order valence-electron chi connectivity index (χ1n) is 7.00. The van der Waals surface area contributed by atoms with Gasteiger partial charge in [0.25, 0.3) is 0 Å². The smallest absolute Gasteiger partial charge is 0.153 e. The number of anilines is 1. The van der Waals surface area contributed by atoms with Gasteiger partial charge in [-0.1, -0.05) is 0 Å². The Morgan fingerprint density at radius 3 is 2.75 bits per heavy atom. The van der Waals surface area contributed by atoms with Gasteiger partial charge in [-0.3, -0.25) is 4.79 Å². The second-order valence-electron chi connectivity index (χ2n) is 5.12. The Hall–Kier alpha value is -2.10. The first-order valence-corrected chi connectivity index (χ1v) is 7.00. The summed E-state index contributed by atoms with van der Waals surface area (Å²) in [5.41, 5.74) is 0.579. The fraction of sp³-hybridized carbons (Fsp3) is 0.375. The van der Waals surface area contributed by atoms with Crippen LogP contribution in [0.5, 0.6) is 5.75 Å². The quantitative estimate of drug-likeness (QED) is 0.804. The van der Waals surface area contributed by atoms with Crippen molar-refractivity contribution >= 4 is 22.9 Å². The summed E-state index contributed by atoms with van der Waals surface area (Å²) in [6.45, 7) is 2.09. The van der Waals surface area contributed by atoms with Crippen molar-refractivity contribution in [1.29, 1.82) is 0 Å². The van der Waals surface area contributed by atoms with Crippen molar-refractivity contribution < 1.29 is 9.53 Å². The SMILES string of the molecule is COc1cc2c(N3CCCCC3)nccc2cc1C=O. The van der Waals surface area contributed by atoms with Gasteiger partial charge in [0.2, 0.25) is 0 Å². The number of hydrogen-bond donors (Lipinski definition) is 0. The van der Waals surface area contributed by atoms with Crippen LogP contribution in [0.2, 0.25) is 0 Å². The van der Waals surface area contributed by atoms with Gasteiger partial charge in [-0.2, -0.15) is 0 Å². The van der Waals surface area contributed by atoms with Gasteiger partial charge >= 0.3 is 0 Å². The first kappa shape index (κ1) is 12.9. The Morgan fingerprint density at radius 2 is 2.05 bits per heavy atom. The summed E-state index contributed by atoms with van der Waals surface area (Å²) in [5, 5.41) is 2.08. The van der Waals surface area contributed by atoms with Crippen molar-refractivity contribution in [3.63, 3.8) is 0 Å². The van der Waals surface area contributed by atoms with Crippen LogP contribution in [0.4, 0.5) is 5.82 Å². The highest BCUT2D eigenvalue weighted by molar-refractivity contribution is 5.97. The number of ether oxygens (including phenoxy) is 1. The monoisotopic (exact) mass is 270 g/mol. The van der Waals surface area contributed by atoms with Gasteiger partial charge in [-0.15, -0.1) is 0 Å². The minimum Gasteiger partial charge on any atom is -0.496 e. The molecule has 0 amide bonds. The molecule has 2 heterocycles. The maximum absolute atomic E-state index is 11.1. The maximum Gasteiger partial charge on any atom is 0.153 e. The molecule has 0 saturated carbocycles. The largest absolute Gasteiger partial charge is 0.496 e. The summed E-state index contributed by atoms with van der Waals surface area (Å²) in [7, 11) is 1.59.